The minimum absolute atomic E-state index is 0.0323. The van der Waals surface area contributed by atoms with E-state index >= 15 is 0 Å². The van der Waals surface area contributed by atoms with Crippen LogP contribution in [0, 0.1) is 6.92 Å². The molecular formula is C17H16F3N3O3. The normalized spacial score (nSPS) is 11.1. The van der Waals surface area contributed by atoms with Crippen molar-refractivity contribution < 1.29 is 27.3 Å². The summed E-state index contributed by atoms with van der Waals surface area (Å²) < 4.78 is 42.6. The first-order chi connectivity index (χ1) is 12.2. The van der Waals surface area contributed by atoms with Crippen LogP contribution in [0.5, 0.6) is 0 Å². The molecule has 0 aliphatic carbocycles. The van der Waals surface area contributed by atoms with Crippen LogP contribution in [-0.4, -0.2) is 35.0 Å². The third-order valence-electron chi connectivity index (χ3n) is 3.33. The van der Waals surface area contributed by atoms with E-state index in [1.165, 1.54) is 12.1 Å². The van der Waals surface area contributed by atoms with Gasteiger partial charge in [0.2, 0.25) is 5.91 Å². The second-order valence-corrected chi connectivity index (χ2v) is 5.42. The van der Waals surface area contributed by atoms with Crippen LogP contribution in [0.4, 0.5) is 19.0 Å². The number of hydrogen-bond acceptors (Lipinski definition) is 4. The SMILES string of the molecule is C=CCN(CC(=O)Nc1cc(C)on1)C(=O)c1ccc(C(F)(F)F)cc1. The van der Waals surface area contributed by atoms with Crippen molar-refractivity contribution >= 4 is 17.6 Å². The van der Waals surface area contributed by atoms with Gasteiger partial charge < -0.3 is 14.7 Å². The fourth-order valence-corrected chi connectivity index (χ4v) is 2.14. The molecule has 0 spiro atoms. The summed E-state index contributed by atoms with van der Waals surface area (Å²) in [6.45, 7) is 4.89. The number of benzene rings is 1. The van der Waals surface area contributed by atoms with Crippen molar-refractivity contribution in [1.82, 2.24) is 10.1 Å². The number of nitrogens with zero attached hydrogens (tertiary/aromatic N) is 2. The lowest BCUT2D eigenvalue weighted by atomic mass is 10.1. The van der Waals surface area contributed by atoms with E-state index in [4.69, 9.17) is 4.52 Å². The van der Waals surface area contributed by atoms with Crippen LogP contribution in [0.3, 0.4) is 0 Å². The van der Waals surface area contributed by atoms with Gasteiger partial charge in [-0.05, 0) is 31.2 Å². The van der Waals surface area contributed by atoms with Crippen LogP contribution < -0.4 is 5.32 Å². The highest BCUT2D eigenvalue weighted by Gasteiger charge is 2.30. The molecule has 0 radical (unpaired) electrons. The minimum Gasteiger partial charge on any atom is -0.360 e. The molecule has 0 saturated heterocycles. The Kier molecular flexibility index (Phi) is 5.81. The molecule has 138 valence electrons. The van der Waals surface area contributed by atoms with Gasteiger partial charge in [-0.1, -0.05) is 11.2 Å². The number of halogens is 3. The molecule has 2 rings (SSSR count). The smallest absolute Gasteiger partial charge is 0.360 e. The molecule has 0 aliphatic heterocycles. The maximum atomic E-state index is 12.6. The van der Waals surface area contributed by atoms with Gasteiger partial charge in [0.15, 0.2) is 5.82 Å². The number of amides is 2. The molecule has 0 fully saturated rings. The molecule has 0 saturated carbocycles. The molecule has 1 N–H and O–H groups in total. The summed E-state index contributed by atoms with van der Waals surface area (Å²) in [5.41, 5.74) is -0.826. The lowest BCUT2D eigenvalue weighted by molar-refractivity contribution is -0.137. The summed E-state index contributed by atoms with van der Waals surface area (Å²) in [5, 5.41) is 6.07. The topological polar surface area (TPSA) is 75.4 Å². The van der Waals surface area contributed by atoms with Crippen LogP contribution in [0.15, 0.2) is 47.5 Å². The van der Waals surface area contributed by atoms with Gasteiger partial charge in [-0.2, -0.15) is 13.2 Å². The number of carbonyl (C=O) groups excluding carboxylic acids is 2. The molecule has 1 aromatic carbocycles. The summed E-state index contributed by atoms with van der Waals surface area (Å²) in [6.07, 6.45) is -3.08. The lowest BCUT2D eigenvalue weighted by Gasteiger charge is -2.20. The van der Waals surface area contributed by atoms with E-state index in [1.54, 1.807) is 6.92 Å². The molecule has 1 aromatic heterocycles. The average Bonchev–Trinajstić information content (AvgIpc) is 2.98. The van der Waals surface area contributed by atoms with E-state index in [2.05, 4.69) is 17.1 Å². The quantitative estimate of drug-likeness (QED) is 0.795. The fourth-order valence-electron chi connectivity index (χ4n) is 2.14. The van der Waals surface area contributed by atoms with E-state index < -0.39 is 23.6 Å². The lowest BCUT2D eigenvalue weighted by Crippen LogP contribution is -2.38. The minimum atomic E-state index is -4.49. The molecule has 1 heterocycles. The Labute approximate surface area is 147 Å². The highest BCUT2D eigenvalue weighted by Crippen LogP contribution is 2.29. The van der Waals surface area contributed by atoms with Crippen molar-refractivity contribution in [2.45, 2.75) is 13.1 Å². The Balaban J connectivity index is 2.08. The van der Waals surface area contributed by atoms with Gasteiger partial charge in [0.25, 0.3) is 5.91 Å². The van der Waals surface area contributed by atoms with Crippen LogP contribution in [0.2, 0.25) is 0 Å². The fraction of sp³-hybridized carbons (Fsp3) is 0.235. The third-order valence-corrected chi connectivity index (χ3v) is 3.33. The summed E-state index contributed by atoms with van der Waals surface area (Å²) >= 11 is 0. The number of rotatable bonds is 6. The first-order valence-corrected chi connectivity index (χ1v) is 7.51. The molecule has 6 nitrogen and oxygen atoms in total. The largest absolute Gasteiger partial charge is 0.416 e. The van der Waals surface area contributed by atoms with Crippen molar-refractivity contribution in [3.05, 3.63) is 59.9 Å². The van der Waals surface area contributed by atoms with Gasteiger partial charge in [-0.3, -0.25) is 9.59 Å². The molecule has 0 atom stereocenters. The van der Waals surface area contributed by atoms with Gasteiger partial charge in [-0.15, -0.1) is 6.58 Å². The predicted molar refractivity (Wildman–Crippen MR) is 87.4 cm³/mol. The van der Waals surface area contributed by atoms with Gasteiger partial charge in [0.1, 0.15) is 12.3 Å². The van der Waals surface area contributed by atoms with Gasteiger partial charge in [-0.25, -0.2) is 0 Å². The molecular weight excluding hydrogens is 351 g/mol. The molecule has 2 aromatic rings. The van der Waals surface area contributed by atoms with Crippen LogP contribution in [0.1, 0.15) is 21.7 Å². The average molecular weight is 367 g/mol. The number of hydrogen-bond donors (Lipinski definition) is 1. The Morgan fingerprint density at radius 2 is 1.96 bits per heavy atom. The molecule has 26 heavy (non-hydrogen) atoms. The van der Waals surface area contributed by atoms with E-state index in [0.717, 1.165) is 29.2 Å². The number of aromatic nitrogens is 1. The molecule has 0 bridgehead atoms. The summed E-state index contributed by atoms with van der Waals surface area (Å²) in [5.74, 6) is -0.414. The van der Waals surface area contributed by atoms with Crippen LogP contribution in [-0.2, 0) is 11.0 Å². The van der Waals surface area contributed by atoms with Gasteiger partial charge in [0, 0.05) is 18.2 Å². The van der Waals surface area contributed by atoms with Crippen LogP contribution in [0.25, 0.3) is 0 Å². The number of nitrogens with one attached hydrogen (secondary N) is 1. The Bertz CT molecular complexity index is 798. The van der Waals surface area contributed by atoms with E-state index in [1.807, 2.05) is 0 Å². The predicted octanol–water partition coefficient (Wildman–Crippen LogP) is 3.27. The number of aryl methyl sites for hydroxylation is 1. The summed E-state index contributed by atoms with van der Waals surface area (Å²) in [7, 11) is 0. The first-order valence-electron chi connectivity index (χ1n) is 7.51. The number of carbonyl (C=O) groups is 2. The van der Waals surface area contributed by atoms with Crippen molar-refractivity contribution in [3.8, 4) is 0 Å². The van der Waals surface area contributed by atoms with E-state index in [9.17, 15) is 22.8 Å². The second-order valence-electron chi connectivity index (χ2n) is 5.42. The second kappa shape index (κ2) is 7.85. The van der Waals surface area contributed by atoms with Crippen molar-refractivity contribution in [1.29, 1.82) is 0 Å². The Morgan fingerprint density at radius 3 is 2.46 bits per heavy atom. The number of alkyl halides is 3. The summed E-state index contributed by atoms with van der Waals surface area (Å²) in [4.78, 5) is 25.7. The monoisotopic (exact) mass is 367 g/mol. The third kappa shape index (κ3) is 4.95. The molecule has 9 heteroatoms. The zero-order valence-corrected chi connectivity index (χ0v) is 13.8. The Morgan fingerprint density at radius 1 is 1.31 bits per heavy atom. The van der Waals surface area contributed by atoms with E-state index in [-0.39, 0.29) is 24.5 Å². The maximum Gasteiger partial charge on any atom is 0.416 e. The van der Waals surface area contributed by atoms with Crippen molar-refractivity contribution in [2.75, 3.05) is 18.4 Å². The first kappa shape index (κ1) is 19.2. The van der Waals surface area contributed by atoms with Crippen LogP contribution >= 0.6 is 0 Å². The maximum absolute atomic E-state index is 12.6. The molecule has 0 unspecified atom stereocenters. The van der Waals surface area contributed by atoms with Gasteiger partial charge in [0.05, 0.1) is 5.56 Å². The molecule has 0 aliphatic rings. The van der Waals surface area contributed by atoms with Gasteiger partial charge >= 0.3 is 6.18 Å². The number of anilines is 1. The molecule has 2 amide bonds. The van der Waals surface area contributed by atoms with E-state index in [0.29, 0.717) is 5.76 Å². The Hall–Kier alpha value is -3.10. The van der Waals surface area contributed by atoms with Crippen molar-refractivity contribution in [3.63, 3.8) is 0 Å². The van der Waals surface area contributed by atoms with Crippen molar-refractivity contribution in [2.24, 2.45) is 0 Å². The standard InChI is InChI=1S/C17H16F3N3O3/c1-3-8-23(10-15(24)21-14-9-11(2)26-22-14)16(25)12-4-6-13(7-5-12)17(18,19)20/h3-7,9H,1,8,10H2,2H3,(H,21,22,24). The highest BCUT2D eigenvalue weighted by molar-refractivity contribution is 5.99. The zero-order chi connectivity index (χ0) is 19.3. The summed E-state index contributed by atoms with van der Waals surface area (Å²) in [6, 6.07) is 5.28. The highest BCUT2D eigenvalue weighted by atomic mass is 19.4. The zero-order valence-electron chi connectivity index (χ0n) is 13.8.